The summed E-state index contributed by atoms with van der Waals surface area (Å²) in [4.78, 5) is 0. The summed E-state index contributed by atoms with van der Waals surface area (Å²) in [6, 6.07) is 6.51. The number of methoxy groups -OCH3 is 2. The zero-order valence-electron chi connectivity index (χ0n) is 21.3. The summed E-state index contributed by atoms with van der Waals surface area (Å²) < 4.78 is 16.5. The van der Waals surface area contributed by atoms with Gasteiger partial charge in [0, 0.05) is 26.2 Å². The number of nitrogens with one attached hydrogen (secondary N) is 1. The van der Waals surface area contributed by atoms with Crippen LogP contribution in [0.3, 0.4) is 0 Å². The number of hydrogen-bond donors (Lipinski definition) is 3. The largest absolute Gasteiger partial charge is 0.493 e. The molecule has 33 heavy (non-hydrogen) atoms. The molecule has 0 aliphatic heterocycles. The van der Waals surface area contributed by atoms with Crippen LogP contribution >= 0.6 is 24.8 Å². The molecule has 8 heteroatoms. The molecule has 0 aromatic heterocycles. The minimum atomic E-state index is -0.544. The molecule has 0 amide bonds. The first-order chi connectivity index (χ1) is 14.9. The third kappa shape index (κ3) is 13.1. The van der Waals surface area contributed by atoms with E-state index in [4.69, 9.17) is 19.9 Å². The van der Waals surface area contributed by atoms with Gasteiger partial charge >= 0.3 is 0 Å². The molecule has 0 fully saturated rings. The van der Waals surface area contributed by atoms with Gasteiger partial charge in [-0.3, -0.25) is 5.32 Å². The van der Waals surface area contributed by atoms with Crippen LogP contribution in [0.15, 0.2) is 18.2 Å². The predicted molar refractivity (Wildman–Crippen MR) is 142 cm³/mol. The first-order valence-electron chi connectivity index (χ1n) is 11.8. The van der Waals surface area contributed by atoms with Crippen LogP contribution in [0.2, 0.25) is 0 Å². The summed E-state index contributed by atoms with van der Waals surface area (Å²) in [6.07, 6.45) is 4.47. The van der Waals surface area contributed by atoms with Gasteiger partial charge in [0.15, 0.2) is 11.5 Å². The smallest absolute Gasteiger partial charge is 0.161 e. The second-order valence-corrected chi connectivity index (χ2v) is 8.74. The molecule has 0 aliphatic rings. The lowest BCUT2D eigenvalue weighted by atomic mass is 9.84. The average molecular weight is 512 g/mol. The molecule has 0 saturated carbocycles. The molecular weight excluding hydrogens is 463 g/mol. The molecule has 0 radical (unpaired) electrons. The van der Waals surface area contributed by atoms with E-state index >= 15 is 0 Å². The Morgan fingerprint density at radius 1 is 1.00 bits per heavy atom. The highest BCUT2D eigenvalue weighted by Crippen LogP contribution is 2.31. The van der Waals surface area contributed by atoms with Gasteiger partial charge in [-0.2, -0.15) is 0 Å². The normalized spacial score (nSPS) is 13.8. The molecule has 0 heterocycles. The van der Waals surface area contributed by atoms with E-state index in [-0.39, 0.29) is 31.0 Å². The Morgan fingerprint density at radius 3 is 2.21 bits per heavy atom. The number of aliphatic hydroxyl groups is 1. The highest BCUT2D eigenvalue weighted by atomic mass is 35.5. The number of ether oxygens (including phenoxy) is 3. The Bertz CT molecular complexity index is 604. The molecule has 3 atom stereocenters. The van der Waals surface area contributed by atoms with Crippen molar-refractivity contribution in [2.24, 2.45) is 17.6 Å². The number of aliphatic hydroxyl groups excluding tert-OH is 1. The molecule has 0 aliphatic carbocycles. The van der Waals surface area contributed by atoms with E-state index in [1.807, 2.05) is 6.07 Å². The monoisotopic (exact) mass is 510 g/mol. The highest BCUT2D eigenvalue weighted by molar-refractivity contribution is 5.85. The van der Waals surface area contributed by atoms with Crippen molar-refractivity contribution in [3.8, 4) is 11.5 Å². The topological polar surface area (TPSA) is 86.0 Å². The van der Waals surface area contributed by atoms with Crippen molar-refractivity contribution in [1.82, 2.24) is 5.32 Å². The van der Waals surface area contributed by atoms with Crippen molar-refractivity contribution < 1.29 is 19.3 Å². The maximum Gasteiger partial charge on any atom is 0.161 e. The van der Waals surface area contributed by atoms with Gasteiger partial charge in [-0.15, -0.1) is 24.8 Å². The van der Waals surface area contributed by atoms with Crippen LogP contribution in [0.25, 0.3) is 0 Å². The summed E-state index contributed by atoms with van der Waals surface area (Å²) in [5.74, 6) is 2.47. The van der Waals surface area contributed by atoms with Crippen molar-refractivity contribution in [3.05, 3.63) is 23.8 Å². The van der Waals surface area contributed by atoms with Gasteiger partial charge in [0.05, 0.1) is 26.0 Å². The minimum absolute atomic E-state index is 0. The molecule has 0 saturated heterocycles. The quantitative estimate of drug-likeness (QED) is 0.202. The Labute approximate surface area is 214 Å². The van der Waals surface area contributed by atoms with Crippen molar-refractivity contribution in [3.63, 3.8) is 0 Å². The Morgan fingerprint density at radius 2 is 1.67 bits per heavy atom. The summed E-state index contributed by atoms with van der Waals surface area (Å²) in [5.41, 5.74) is 7.42. The third-order valence-corrected chi connectivity index (χ3v) is 6.08. The molecular formula is C25H48Cl2N2O4. The van der Waals surface area contributed by atoms with Crippen LogP contribution in [-0.4, -0.2) is 50.9 Å². The van der Waals surface area contributed by atoms with E-state index in [2.05, 4.69) is 45.1 Å². The Hall–Kier alpha value is -0.760. The van der Waals surface area contributed by atoms with Crippen LogP contribution in [0.1, 0.15) is 65.4 Å². The Balaban J connectivity index is 0. The fourth-order valence-electron chi connectivity index (χ4n) is 3.79. The second-order valence-electron chi connectivity index (χ2n) is 8.74. The van der Waals surface area contributed by atoms with Crippen molar-refractivity contribution >= 4 is 24.8 Å². The minimum Gasteiger partial charge on any atom is -0.493 e. The van der Waals surface area contributed by atoms with Crippen molar-refractivity contribution in [1.29, 1.82) is 0 Å². The van der Waals surface area contributed by atoms with E-state index in [1.165, 1.54) is 5.56 Å². The molecule has 0 bridgehead atoms. The van der Waals surface area contributed by atoms with Crippen molar-refractivity contribution in [2.45, 2.75) is 84.5 Å². The number of benzene rings is 1. The van der Waals surface area contributed by atoms with Crippen LogP contribution in [0.5, 0.6) is 11.5 Å². The maximum absolute atomic E-state index is 10.6. The van der Waals surface area contributed by atoms with E-state index in [1.54, 1.807) is 14.2 Å². The molecule has 1 aromatic rings. The molecule has 4 N–H and O–H groups in total. The molecule has 1 unspecified atom stereocenters. The zero-order valence-corrected chi connectivity index (χ0v) is 23.0. The fraction of sp³-hybridized carbons (Fsp3) is 0.760. The van der Waals surface area contributed by atoms with E-state index in [0.29, 0.717) is 37.5 Å². The summed E-state index contributed by atoms with van der Waals surface area (Å²) >= 11 is 0. The zero-order chi connectivity index (χ0) is 23.2. The molecule has 0 spiro atoms. The molecule has 196 valence electrons. The van der Waals surface area contributed by atoms with Crippen LogP contribution < -0.4 is 20.5 Å². The fourth-order valence-corrected chi connectivity index (χ4v) is 3.79. The lowest BCUT2D eigenvalue weighted by molar-refractivity contribution is 0.102. The van der Waals surface area contributed by atoms with Crippen LogP contribution in [0.4, 0.5) is 0 Å². The van der Waals surface area contributed by atoms with Gasteiger partial charge in [-0.25, -0.2) is 0 Å². The predicted octanol–water partition coefficient (Wildman–Crippen LogP) is 4.97. The van der Waals surface area contributed by atoms with Gasteiger partial charge < -0.3 is 25.1 Å². The standard InChI is InChI=1S/C25H46N2O4.2ClH/c1-7-21(8-2)27-25(26)22(28)12-11-20(18(3)4)16-19-10-13-23(30-6)24(17-19)31-15-9-14-29-5;;/h10,13,17-18,20-22,25,27-28H,7-9,11-12,14-16,26H2,1-6H3;2*1H/t20-,22-,25?;;/m0../s1. The SMILES string of the molecule is CCC(CC)NC(N)[C@@H](O)CC[C@@H](Cc1ccc(OC)c(OCCCOC)c1)C(C)C.Cl.Cl. The number of halogens is 2. The lowest BCUT2D eigenvalue weighted by Crippen LogP contribution is -2.51. The number of nitrogens with two attached hydrogens (primary N) is 1. The molecule has 1 rings (SSSR count). The van der Waals surface area contributed by atoms with Gasteiger partial charge in [0.1, 0.15) is 0 Å². The maximum atomic E-state index is 10.6. The van der Waals surface area contributed by atoms with Gasteiger partial charge in [0.25, 0.3) is 0 Å². The first-order valence-corrected chi connectivity index (χ1v) is 11.8. The van der Waals surface area contributed by atoms with E-state index < -0.39 is 6.10 Å². The van der Waals surface area contributed by atoms with Gasteiger partial charge in [-0.1, -0.05) is 33.8 Å². The average Bonchev–Trinajstić information content (AvgIpc) is 2.77. The Kier molecular flexibility index (Phi) is 20.4. The lowest BCUT2D eigenvalue weighted by Gasteiger charge is -2.27. The number of hydrogen-bond acceptors (Lipinski definition) is 6. The first kappa shape index (κ1) is 34.4. The van der Waals surface area contributed by atoms with Gasteiger partial charge in [-0.05, 0) is 61.6 Å². The van der Waals surface area contributed by atoms with Crippen LogP contribution in [0, 0.1) is 11.8 Å². The molecule has 1 aromatic carbocycles. The van der Waals surface area contributed by atoms with E-state index in [0.717, 1.165) is 43.6 Å². The van der Waals surface area contributed by atoms with Gasteiger partial charge in [0.2, 0.25) is 0 Å². The molecule has 6 nitrogen and oxygen atoms in total. The second kappa shape index (κ2) is 19.5. The van der Waals surface area contributed by atoms with E-state index in [9.17, 15) is 5.11 Å². The summed E-state index contributed by atoms with van der Waals surface area (Å²) in [6.45, 7) is 10.0. The summed E-state index contributed by atoms with van der Waals surface area (Å²) in [5, 5.41) is 13.9. The third-order valence-electron chi connectivity index (χ3n) is 6.08. The van der Waals surface area contributed by atoms with Crippen LogP contribution in [-0.2, 0) is 11.2 Å². The van der Waals surface area contributed by atoms with Crippen molar-refractivity contribution in [2.75, 3.05) is 27.4 Å². The number of rotatable bonds is 17. The summed E-state index contributed by atoms with van der Waals surface area (Å²) in [7, 11) is 3.35. The highest BCUT2D eigenvalue weighted by Gasteiger charge is 2.21.